The van der Waals surface area contributed by atoms with Gasteiger partial charge in [0.05, 0.1) is 18.4 Å². The second-order valence-corrected chi connectivity index (χ2v) is 7.87. The van der Waals surface area contributed by atoms with Crippen LogP contribution in [-0.4, -0.2) is 46.7 Å². The van der Waals surface area contributed by atoms with Crippen LogP contribution in [-0.2, 0) is 11.2 Å². The predicted molar refractivity (Wildman–Crippen MR) is 90.2 cm³/mol. The van der Waals surface area contributed by atoms with Crippen LogP contribution in [0.5, 0.6) is 0 Å². The Balaban J connectivity index is 1.29. The Kier molecular flexibility index (Phi) is 4.63. The zero-order chi connectivity index (χ0) is 15.5. The first-order valence-corrected chi connectivity index (χ1v) is 9.44. The molecule has 1 spiro atoms. The van der Waals surface area contributed by atoms with Gasteiger partial charge in [0.15, 0.2) is 0 Å². The summed E-state index contributed by atoms with van der Waals surface area (Å²) in [5, 5.41) is 0. The van der Waals surface area contributed by atoms with E-state index in [2.05, 4.69) is 14.9 Å². The first-order valence-electron chi connectivity index (χ1n) is 9.44. The molecule has 0 radical (unpaired) electrons. The Labute approximate surface area is 139 Å². The van der Waals surface area contributed by atoms with Crippen molar-refractivity contribution in [2.45, 2.75) is 69.9 Å². The van der Waals surface area contributed by atoms with Crippen molar-refractivity contribution in [2.75, 3.05) is 19.7 Å². The van der Waals surface area contributed by atoms with Gasteiger partial charge in [0.25, 0.3) is 0 Å². The lowest BCUT2D eigenvalue weighted by Crippen LogP contribution is -2.46. The minimum Gasteiger partial charge on any atom is -0.377 e. The van der Waals surface area contributed by atoms with Gasteiger partial charge >= 0.3 is 0 Å². The van der Waals surface area contributed by atoms with Gasteiger partial charge in [0.1, 0.15) is 0 Å². The molecular formula is C19H29N3O. The second kappa shape index (κ2) is 6.86. The van der Waals surface area contributed by atoms with Crippen molar-refractivity contribution in [1.29, 1.82) is 0 Å². The van der Waals surface area contributed by atoms with Crippen LogP contribution < -0.4 is 0 Å². The van der Waals surface area contributed by atoms with Crippen molar-refractivity contribution < 1.29 is 4.74 Å². The standard InChI is InChI=1S/C19H29N3O/c1-2-4-17(5-3-1)22-10-6-19(7-11-22)13-18(23-15-19)12-16-14-20-8-9-21-16/h8-9,14,17-18H,1-7,10-13,15H2/t18-/m0/s1. The molecule has 0 unspecified atom stereocenters. The van der Waals surface area contributed by atoms with Crippen LogP contribution in [0.25, 0.3) is 0 Å². The number of hydrogen-bond donors (Lipinski definition) is 0. The van der Waals surface area contributed by atoms with E-state index in [0.29, 0.717) is 11.5 Å². The van der Waals surface area contributed by atoms with Gasteiger partial charge in [-0.15, -0.1) is 0 Å². The Morgan fingerprint density at radius 1 is 1.13 bits per heavy atom. The van der Waals surface area contributed by atoms with E-state index in [0.717, 1.165) is 24.8 Å². The Morgan fingerprint density at radius 3 is 2.70 bits per heavy atom. The van der Waals surface area contributed by atoms with Crippen LogP contribution in [0.4, 0.5) is 0 Å². The fraction of sp³-hybridized carbons (Fsp3) is 0.789. The van der Waals surface area contributed by atoms with E-state index >= 15 is 0 Å². The van der Waals surface area contributed by atoms with E-state index in [1.165, 1.54) is 64.5 Å². The first kappa shape index (κ1) is 15.5. The third-order valence-corrected chi connectivity index (χ3v) is 6.29. The molecule has 1 aliphatic carbocycles. The molecule has 0 amide bonds. The fourth-order valence-electron chi connectivity index (χ4n) is 4.85. The van der Waals surface area contributed by atoms with Gasteiger partial charge in [-0.25, -0.2) is 0 Å². The lowest BCUT2D eigenvalue weighted by atomic mass is 9.75. The molecule has 1 saturated carbocycles. The molecule has 0 N–H and O–H groups in total. The third-order valence-electron chi connectivity index (χ3n) is 6.29. The highest BCUT2D eigenvalue weighted by Crippen LogP contribution is 2.43. The summed E-state index contributed by atoms with van der Waals surface area (Å²) >= 11 is 0. The van der Waals surface area contributed by atoms with Crippen LogP contribution in [0.3, 0.4) is 0 Å². The monoisotopic (exact) mass is 315 g/mol. The van der Waals surface area contributed by atoms with Crippen LogP contribution in [0.15, 0.2) is 18.6 Å². The van der Waals surface area contributed by atoms with Crippen LogP contribution in [0.1, 0.15) is 57.1 Å². The number of nitrogens with zero attached hydrogens (tertiary/aromatic N) is 3. The van der Waals surface area contributed by atoms with Gasteiger partial charge in [-0.1, -0.05) is 19.3 Å². The molecule has 3 heterocycles. The lowest BCUT2D eigenvalue weighted by Gasteiger charge is -2.43. The van der Waals surface area contributed by atoms with Gasteiger partial charge in [-0.3, -0.25) is 9.97 Å². The second-order valence-electron chi connectivity index (χ2n) is 7.87. The Bertz CT molecular complexity index is 493. The SMILES string of the molecule is c1cnc(C[C@H]2CC3(CCN(C4CCCCC4)CC3)CO2)cn1. The van der Waals surface area contributed by atoms with E-state index in [1.54, 1.807) is 12.4 Å². The van der Waals surface area contributed by atoms with Gasteiger partial charge in [-0.05, 0) is 50.6 Å². The summed E-state index contributed by atoms with van der Waals surface area (Å²) in [5.74, 6) is 0. The zero-order valence-corrected chi connectivity index (χ0v) is 14.1. The number of rotatable bonds is 3. The average molecular weight is 315 g/mol. The number of ether oxygens (including phenoxy) is 1. The highest BCUT2D eigenvalue weighted by atomic mass is 16.5. The maximum absolute atomic E-state index is 6.14. The average Bonchev–Trinajstić information content (AvgIpc) is 2.99. The van der Waals surface area contributed by atoms with E-state index in [9.17, 15) is 0 Å². The summed E-state index contributed by atoms with van der Waals surface area (Å²) in [4.78, 5) is 11.3. The zero-order valence-electron chi connectivity index (χ0n) is 14.1. The van der Waals surface area contributed by atoms with Gasteiger partial charge < -0.3 is 9.64 Å². The molecule has 4 nitrogen and oxygen atoms in total. The molecule has 1 aromatic heterocycles. The number of piperidine rings is 1. The van der Waals surface area contributed by atoms with E-state index in [1.807, 2.05) is 6.20 Å². The molecule has 2 aliphatic heterocycles. The lowest BCUT2D eigenvalue weighted by molar-refractivity contribution is 0.0422. The van der Waals surface area contributed by atoms with Crippen LogP contribution in [0, 0.1) is 5.41 Å². The Morgan fingerprint density at radius 2 is 1.96 bits per heavy atom. The van der Waals surface area contributed by atoms with Crippen LogP contribution >= 0.6 is 0 Å². The smallest absolute Gasteiger partial charge is 0.0637 e. The number of likely N-dealkylation sites (tertiary alicyclic amines) is 1. The molecule has 23 heavy (non-hydrogen) atoms. The van der Waals surface area contributed by atoms with E-state index < -0.39 is 0 Å². The molecule has 2 saturated heterocycles. The summed E-state index contributed by atoms with van der Waals surface area (Å²) in [6, 6.07) is 0.874. The maximum atomic E-state index is 6.14. The molecular weight excluding hydrogens is 286 g/mol. The molecule has 3 fully saturated rings. The number of hydrogen-bond acceptors (Lipinski definition) is 4. The van der Waals surface area contributed by atoms with Crippen LogP contribution in [0.2, 0.25) is 0 Å². The largest absolute Gasteiger partial charge is 0.377 e. The summed E-state index contributed by atoms with van der Waals surface area (Å²) in [7, 11) is 0. The summed E-state index contributed by atoms with van der Waals surface area (Å²) in [6.07, 6.45) is 17.7. The van der Waals surface area contributed by atoms with E-state index in [4.69, 9.17) is 4.74 Å². The minimum absolute atomic E-state index is 0.341. The normalized spacial score (nSPS) is 29.1. The van der Waals surface area contributed by atoms with Crippen molar-refractivity contribution in [3.05, 3.63) is 24.3 Å². The van der Waals surface area contributed by atoms with E-state index in [-0.39, 0.29) is 0 Å². The van der Waals surface area contributed by atoms with Crippen molar-refractivity contribution in [1.82, 2.24) is 14.9 Å². The molecule has 1 aromatic rings. The molecule has 4 rings (SSSR count). The minimum atomic E-state index is 0.341. The maximum Gasteiger partial charge on any atom is 0.0637 e. The predicted octanol–water partition coefficient (Wildman–Crippen LogP) is 3.22. The fourth-order valence-corrected chi connectivity index (χ4v) is 4.85. The van der Waals surface area contributed by atoms with Crippen molar-refractivity contribution in [2.24, 2.45) is 5.41 Å². The summed E-state index contributed by atoms with van der Waals surface area (Å²) in [6.45, 7) is 3.52. The van der Waals surface area contributed by atoms with Gasteiger partial charge in [0.2, 0.25) is 0 Å². The third kappa shape index (κ3) is 3.58. The number of aromatic nitrogens is 2. The summed E-state index contributed by atoms with van der Waals surface area (Å²) in [5.41, 5.74) is 1.51. The molecule has 1 atom stereocenters. The molecule has 4 heteroatoms. The Hall–Kier alpha value is -1.00. The first-order chi connectivity index (χ1) is 11.3. The molecule has 0 aromatic carbocycles. The molecule has 3 aliphatic rings. The quantitative estimate of drug-likeness (QED) is 0.858. The highest BCUT2D eigenvalue weighted by Gasteiger charge is 2.43. The van der Waals surface area contributed by atoms with Crippen molar-refractivity contribution >= 4 is 0 Å². The summed E-state index contributed by atoms with van der Waals surface area (Å²) < 4.78 is 6.14. The topological polar surface area (TPSA) is 38.2 Å². The molecule has 0 bridgehead atoms. The van der Waals surface area contributed by atoms with Gasteiger partial charge in [0, 0.05) is 31.1 Å². The highest BCUT2D eigenvalue weighted by molar-refractivity contribution is 5.01. The van der Waals surface area contributed by atoms with Gasteiger partial charge in [-0.2, -0.15) is 0 Å². The van der Waals surface area contributed by atoms with Crippen molar-refractivity contribution in [3.8, 4) is 0 Å². The molecule has 126 valence electrons. The van der Waals surface area contributed by atoms with Crippen molar-refractivity contribution in [3.63, 3.8) is 0 Å².